The third-order valence-electron chi connectivity index (χ3n) is 10.7. The summed E-state index contributed by atoms with van der Waals surface area (Å²) < 4.78 is 20.2. The van der Waals surface area contributed by atoms with Gasteiger partial charge in [-0.05, 0) is 108 Å². The molecule has 0 saturated carbocycles. The SMILES string of the molecule is CB(OC(c1ccc(C)cc1)c1ccccn1)c1ccc(Oc2ccc(B(OC(c3ccc(C)cc3)c3ccccn3)c3ccc(-c4ccc(C)cc4)cc3)cc2)cc1. The third kappa shape index (κ3) is 9.78. The predicted octanol–water partition coefficient (Wildman–Crippen LogP) is 10.4. The Labute approximate surface area is 349 Å². The van der Waals surface area contributed by atoms with Gasteiger partial charge in [-0.1, -0.05) is 157 Å². The van der Waals surface area contributed by atoms with Crippen molar-refractivity contribution in [3.05, 3.63) is 234 Å². The van der Waals surface area contributed by atoms with Crippen molar-refractivity contribution < 1.29 is 14.0 Å². The maximum atomic E-state index is 7.16. The molecule has 8 aromatic rings. The highest BCUT2D eigenvalue weighted by atomic mass is 16.5. The van der Waals surface area contributed by atoms with Crippen LogP contribution in [0.2, 0.25) is 6.82 Å². The zero-order valence-corrected chi connectivity index (χ0v) is 33.9. The topological polar surface area (TPSA) is 53.5 Å². The normalized spacial score (nSPS) is 12.1. The number of pyridine rings is 2. The Balaban J connectivity index is 1.03. The quantitative estimate of drug-likeness (QED) is 0.103. The Bertz CT molecular complexity index is 2540. The first-order chi connectivity index (χ1) is 28.9. The van der Waals surface area contributed by atoms with Crippen molar-refractivity contribution >= 4 is 30.2 Å². The maximum Gasteiger partial charge on any atom is 0.362 e. The molecule has 7 heteroatoms. The molecule has 0 aliphatic carbocycles. The molecule has 2 atom stereocenters. The Hall–Kier alpha value is -6.53. The fourth-order valence-corrected chi connectivity index (χ4v) is 7.20. The maximum absolute atomic E-state index is 7.16. The van der Waals surface area contributed by atoms with Crippen LogP contribution >= 0.6 is 0 Å². The fraction of sp³-hybridized carbons (Fsp3) is 0.115. The van der Waals surface area contributed by atoms with E-state index in [1.807, 2.05) is 73.1 Å². The summed E-state index contributed by atoms with van der Waals surface area (Å²) in [5, 5.41) is 0. The summed E-state index contributed by atoms with van der Waals surface area (Å²) in [4.78, 5) is 9.37. The van der Waals surface area contributed by atoms with Crippen LogP contribution in [0.4, 0.5) is 0 Å². The summed E-state index contributed by atoms with van der Waals surface area (Å²) in [6, 6.07) is 62.5. The lowest BCUT2D eigenvalue weighted by molar-refractivity contribution is 0.250. The number of aryl methyl sites for hydroxylation is 3. The molecule has 2 heterocycles. The summed E-state index contributed by atoms with van der Waals surface area (Å²) in [5.74, 6) is 1.47. The van der Waals surface area contributed by atoms with Gasteiger partial charge in [0.15, 0.2) is 0 Å². The van der Waals surface area contributed by atoms with Gasteiger partial charge in [-0.2, -0.15) is 0 Å². The van der Waals surface area contributed by atoms with E-state index in [9.17, 15) is 0 Å². The van der Waals surface area contributed by atoms with Crippen molar-refractivity contribution in [1.29, 1.82) is 0 Å². The molecular formula is C52H46B2N2O3. The monoisotopic (exact) mass is 768 g/mol. The highest BCUT2D eigenvalue weighted by Gasteiger charge is 2.29. The number of benzene rings is 6. The van der Waals surface area contributed by atoms with Crippen molar-refractivity contribution in [2.75, 3.05) is 0 Å². The van der Waals surface area contributed by atoms with E-state index < -0.39 is 6.10 Å². The van der Waals surface area contributed by atoms with E-state index in [0.717, 1.165) is 56.0 Å². The van der Waals surface area contributed by atoms with Gasteiger partial charge in [0.1, 0.15) is 23.7 Å². The van der Waals surface area contributed by atoms with Crippen molar-refractivity contribution in [3.8, 4) is 22.6 Å². The lowest BCUT2D eigenvalue weighted by atomic mass is 9.55. The van der Waals surface area contributed by atoms with E-state index in [1.54, 1.807) is 0 Å². The summed E-state index contributed by atoms with van der Waals surface area (Å²) in [6.07, 6.45) is 2.94. The van der Waals surface area contributed by atoms with Crippen LogP contribution in [0.3, 0.4) is 0 Å². The standard InChI is InChI=1S/C52H46B2N2O3/c1-37-11-17-40(18-12-37)41-23-25-45(26-24-41)54(59-52(50-10-6-8-36-56-50)43-21-15-39(3)16-22-43)46-29-33-48(34-30-46)57-47-31-27-44(28-32-47)53(4)58-51(49-9-5-7-35-55-49)42-19-13-38(2)14-20-42/h5-36,51-52H,1-4H3. The van der Waals surface area contributed by atoms with E-state index in [1.165, 1.54) is 22.3 Å². The van der Waals surface area contributed by atoms with Gasteiger partial charge in [-0.25, -0.2) is 0 Å². The van der Waals surface area contributed by atoms with Crippen LogP contribution in [0.25, 0.3) is 11.1 Å². The second-order valence-electron chi connectivity index (χ2n) is 15.1. The van der Waals surface area contributed by atoms with Crippen LogP contribution in [-0.2, 0) is 9.31 Å². The summed E-state index contributed by atoms with van der Waals surface area (Å²) in [6.45, 7) is 7.79. The van der Waals surface area contributed by atoms with Crippen molar-refractivity contribution in [3.63, 3.8) is 0 Å². The van der Waals surface area contributed by atoms with E-state index in [-0.39, 0.29) is 19.9 Å². The number of ether oxygens (including phenoxy) is 1. The lowest BCUT2D eigenvalue weighted by Gasteiger charge is -2.24. The Morgan fingerprint density at radius 1 is 0.407 bits per heavy atom. The van der Waals surface area contributed by atoms with Crippen LogP contribution in [-0.4, -0.2) is 23.8 Å². The largest absolute Gasteiger partial charge is 0.457 e. The first-order valence-electron chi connectivity index (χ1n) is 20.2. The van der Waals surface area contributed by atoms with Gasteiger partial charge in [-0.3, -0.25) is 9.97 Å². The van der Waals surface area contributed by atoms with Gasteiger partial charge >= 0.3 is 13.8 Å². The molecule has 0 amide bonds. The number of aromatic nitrogens is 2. The zero-order chi connectivity index (χ0) is 40.6. The van der Waals surface area contributed by atoms with E-state index in [4.69, 9.17) is 19.0 Å². The minimum absolute atomic E-state index is 0.186. The minimum Gasteiger partial charge on any atom is -0.457 e. The number of hydrogen-bond donors (Lipinski definition) is 0. The van der Waals surface area contributed by atoms with Crippen LogP contribution in [0.5, 0.6) is 11.5 Å². The molecule has 0 aliphatic rings. The molecule has 59 heavy (non-hydrogen) atoms. The summed E-state index contributed by atoms with van der Waals surface area (Å²) >= 11 is 0. The minimum atomic E-state index is -0.393. The third-order valence-corrected chi connectivity index (χ3v) is 10.7. The summed E-state index contributed by atoms with van der Waals surface area (Å²) in [7, 11) is 0. The van der Waals surface area contributed by atoms with Gasteiger partial charge in [0.2, 0.25) is 0 Å². The van der Waals surface area contributed by atoms with Gasteiger partial charge in [0.25, 0.3) is 0 Å². The Morgan fingerprint density at radius 3 is 1.24 bits per heavy atom. The van der Waals surface area contributed by atoms with Crippen LogP contribution in [0, 0.1) is 20.8 Å². The molecule has 0 fully saturated rings. The van der Waals surface area contributed by atoms with Crippen LogP contribution in [0.1, 0.15) is 51.4 Å². The molecule has 0 aliphatic heterocycles. The Morgan fingerprint density at radius 2 is 0.797 bits per heavy atom. The van der Waals surface area contributed by atoms with Crippen LogP contribution < -0.4 is 21.1 Å². The lowest BCUT2D eigenvalue weighted by Crippen LogP contribution is -2.46. The molecule has 288 valence electrons. The second-order valence-corrected chi connectivity index (χ2v) is 15.1. The van der Waals surface area contributed by atoms with Gasteiger partial charge in [-0.15, -0.1) is 0 Å². The molecule has 2 unspecified atom stereocenters. The molecule has 0 saturated heterocycles. The molecule has 2 aromatic heterocycles. The highest BCUT2D eigenvalue weighted by Crippen LogP contribution is 2.29. The number of hydrogen-bond acceptors (Lipinski definition) is 5. The smallest absolute Gasteiger partial charge is 0.362 e. The van der Waals surface area contributed by atoms with Crippen molar-refractivity contribution in [1.82, 2.24) is 9.97 Å². The predicted molar refractivity (Wildman–Crippen MR) is 243 cm³/mol. The van der Waals surface area contributed by atoms with Gasteiger partial charge < -0.3 is 14.0 Å². The van der Waals surface area contributed by atoms with E-state index in [2.05, 4.69) is 154 Å². The van der Waals surface area contributed by atoms with Gasteiger partial charge in [0.05, 0.1) is 11.4 Å². The van der Waals surface area contributed by atoms with Crippen molar-refractivity contribution in [2.24, 2.45) is 0 Å². The molecule has 8 rings (SSSR count). The molecule has 0 N–H and O–H groups in total. The van der Waals surface area contributed by atoms with E-state index in [0.29, 0.717) is 0 Å². The average Bonchev–Trinajstić information content (AvgIpc) is 3.28. The second kappa shape index (κ2) is 18.4. The first kappa shape index (κ1) is 39.3. The Kier molecular flexibility index (Phi) is 12.2. The fourth-order valence-electron chi connectivity index (χ4n) is 7.20. The van der Waals surface area contributed by atoms with Crippen molar-refractivity contribution in [2.45, 2.75) is 39.8 Å². The van der Waals surface area contributed by atoms with Gasteiger partial charge in [0, 0.05) is 12.4 Å². The number of rotatable bonds is 14. The number of nitrogens with zero attached hydrogens (tertiary/aromatic N) is 2. The molecule has 6 aromatic carbocycles. The average molecular weight is 769 g/mol. The molecule has 0 radical (unpaired) electrons. The highest BCUT2D eigenvalue weighted by molar-refractivity contribution is 6.80. The molecule has 5 nitrogen and oxygen atoms in total. The molecular weight excluding hydrogens is 722 g/mol. The summed E-state index contributed by atoms with van der Waals surface area (Å²) in [5.41, 5.74) is 12.9. The molecule has 0 bridgehead atoms. The molecule has 0 spiro atoms. The van der Waals surface area contributed by atoms with Crippen LogP contribution in [0.15, 0.2) is 194 Å². The first-order valence-corrected chi connectivity index (χ1v) is 20.2. The van der Waals surface area contributed by atoms with E-state index >= 15 is 0 Å². The zero-order valence-electron chi connectivity index (χ0n) is 33.9.